The number of halogens is 1. The van der Waals surface area contributed by atoms with Gasteiger partial charge in [0.25, 0.3) is 5.91 Å². The van der Waals surface area contributed by atoms with Crippen molar-refractivity contribution in [3.05, 3.63) is 65.5 Å². The Bertz CT molecular complexity index is 674. The first-order valence-corrected chi connectivity index (χ1v) is 7.36. The van der Waals surface area contributed by atoms with Gasteiger partial charge >= 0.3 is 0 Å². The molecule has 0 aliphatic heterocycles. The molecule has 0 aliphatic rings. The third kappa shape index (κ3) is 4.29. The van der Waals surface area contributed by atoms with Crippen molar-refractivity contribution in [2.75, 3.05) is 27.7 Å². The average Bonchev–Trinajstić information content (AvgIpc) is 2.54. The lowest BCUT2D eigenvalue weighted by Crippen LogP contribution is -2.34. The van der Waals surface area contributed by atoms with E-state index in [4.69, 9.17) is 4.74 Å². The second-order valence-electron chi connectivity index (χ2n) is 5.44. The maximum absolute atomic E-state index is 13.4. The fourth-order valence-electron chi connectivity index (χ4n) is 2.43. The number of nitrogens with zero attached hydrogens (tertiary/aromatic N) is 1. The number of carbonyl (C=O) groups is 1. The Morgan fingerprint density at radius 3 is 2.61 bits per heavy atom. The number of amides is 1. The van der Waals surface area contributed by atoms with Gasteiger partial charge in [0.1, 0.15) is 11.6 Å². The largest absolute Gasteiger partial charge is 0.496 e. The summed E-state index contributed by atoms with van der Waals surface area (Å²) in [5.41, 5.74) is 1.29. The predicted octanol–water partition coefficient (Wildman–Crippen LogP) is 2.87. The van der Waals surface area contributed by atoms with E-state index in [9.17, 15) is 9.18 Å². The van der Waals surface area contributed by atoms with Crippen molar-refractivity contribution < 1.29 is 13.9 Å². The zero-order valence-electron chi connectivity index (χ0n) is 13.5. The van der Waals surface area contributed by atoms with E-state index in [0.29, 0.717) is 17.9 Å². The molecule has 0 saturated heterocycles. The Morgan fingerprint density at radius 2 is 1.96 bits per heavy atom. The van der Waals surface area contributed by atoms with Crippen LogP contribution in [0.15, 0.2) is 48.5 Å². The molecule has 0 radical (unpaired) electrons. The quantitative estimate of drug-likeness (QED) is 0.891. The molecule has 1 atom stereocenters. The number of para-hydroxylation sites is 1. The van der Waals surface area contributed by atoms with Crippen LogP contribution in [0.25, 0.3) is 0 Å². The number of carbonyl (C=O) groups excluding carboxylic acids is 1. The fourth-order valence-corrected chi connectivity index (χ4v) is 2.43. The van der Waals surface area contributed by atoms with Crippen LogP contribution in [0.2, 0.25) is 0 Å². The maximum Gasteiger partial charge on any atom is 0.255 e. The second-order valence-corrected chi connectivity index (χ2v) is 5.44. The van der Waals surface area contributed by atoms with Crippen molar-refractivity contribution >= 4 is 5.91 Å². The molecule has 0 aromatic heterocycles. The van der Waals surface area contributed by atoms with Crippen molar-refractivity contribution in [2.24, 2.45) is 0 Å². The van der Waals surface area contributed by atoms with Gasteiger partial charge in [-0.05, 0) is 43.9 Å². The minimum atomic E-state index is -0.287. The monoisotopic (exact) mass is 316 g/mol. The summed E-state index contributed by atoms with van der Waals surface area (Å²) in [6.07, 6.45) is 0. The Balaban J connectivity index is 2.11. The normalized spacial score (nSPS) is 12.0. The molecule has 0 bridgehead atoms. The molecule has 2 rings (SSSR count). The topological polar surface area (TPSA) is 41.6 Å². The Kier molecular flexibility index (Phi) is 5.71. The van der Waals surface area contributed by atoms with Gasteiger partial charge in [0.05, 0.1) is 18.7 Å². The SMILES string of the molecule is COc1ccccc1C(=O)NCC(c1cccc(F)c1)N(C)C. The van der Waals surface area contributed by atoms with Crippen LogP contribution < -0.4 is 10.1 Å². The van der Waals surface area contributed by atoms with E-state index < -0.39 is 0 Å². The van der Waals surface area contributed by atoms with Crippen LogP contribution in [-0.4, -0.2) is 38.6 Å². The predicted molar refractivity (Wildman–Crippen MR) is 88.2 cm³/mol. The van der Waals surface area contributed by atoms with Crippen LogP contribution in [-0.2, 0) is 0 Å². The van der Waals surface area contributed by atoms with E-state index in [0.717, 1.165) is 5.56 Å². The number of nitrogens with one attached hydrogen (secondary N) is 1. The summed E-state index contributed by atoms with van der Waals surface area (Å²) >= 11 is 0. The number of methoxy groups -OCH3 is 1. The molecule has 122 valence electrons. The first kappa shape index (κ1) is 17.0. The summed E-state index contributed by atoms with van der Waals surface area (Å²) in [6, 6.07) is 13.3. The highest BCUT2D eigenvalue weighted by Gasteiger charge is 2.17. The first-order chi connectivity index (χ1) is 11.0. The van der Waals surface area contributed by atoms with E-state index in [2.05, 4.69) is 5.32 Å². The number of rotatable bonds is 6. The van der Waals surface area contributed by atoms with Crippen LogP contribution in [0.3, 0.4) is 0 Å². The van der Waals surface area contributed by atoms with Crippen LogP contribution >= 0.6 is 0 Å². The summed E-state index contributed by atoms with van der Waals surface area (Å²) < 4.78 is 18.6. The van der Waals surface area contributed by atoms with Crippen LogP contribution in [0, 0.1) is 5.82 Å². The molecule has 1 amide bonds. The van der Waals surface area contributed by atoms with E-state index in [1.54, 1.807) is 24.3 Å². The van der Waals surface area contributed by atoms with E-state index in [1.807, 2.05) is 31.1 Å². The van der Waals surface area contributed by atoms with Gasteiger partial charge in [0.15, 0.2) is 0 Å². The minimum Gasteiger partial charge on any atom is -0.496 e. The van der Waals surface area contributed by atoms with Crippen molar-refractivity contribution in [1.82, 2.24) is 10.2 Å². The molecule has 2 aromatic carbocycles. The van der Waals surface area contributed by atoms with Crippen LogP contribution in [0.1, 0.15) is 22.0 Å². The number of hydrogen-bond donors (Lipinski definition) is 1. The molecule has 5 heteroatoms. The molecule has 0 heterocycles. The maximum atomic E-state index is 13.4. The second kappa shape index (κ2) is 7.74. The molecule has 23 heavy (non-hydrogen) atoms. The van der Waals surface area contributed by atoms with E-state index >= 15 is 0 Å². The summed E-state index contributed by atoms with van der Waals surface area (Å²) in [4.78, 5) is 14.3. The van der Waals surface area contributed by atoms with Crippen molar-refractivity contribution in [3.8, 4) is 5.75 Å². The van der Waals surface area contributed by atoms with Gasteiger partial charge in [0.2, 0.25) is 0 Å². The highest BCUT2D eigenvalue weighted by atomic mass is 19.1. The zero-order chi connectivity index (χ0) is 16.8. The van der Waals surface area contributed by atoms with Gasteiger partial charge in [0, 0.05) is 6.54 Å². The molecule has 4 nitrogen and oxygen atoms in total. The average molecular weight is 316 g/mol. The van der Waals surface area contributed by atoms with E-state index in [-0.39, 0.29) is 17.8 Å². The third-order valence-electron chi connectivity index (χ3n) is 3.66. The molecular formula is C18H21FN2O2. The molecule has 0 aliphatic carbocycles. The van der Waals surface area contributed by atoms with Crippen molar-refractivity contribution in [3.63, 3.8) is 0 Å². The van der Waals surface area contributed by atoms with Gasteiger partial charge in [-0.2, -0.15) is 0 Å². The van der Waals surface area contributed by atoms with Crippen molar-refractivity contribution in [2.45, 2.75) is 6.04 Å². The Labute approximate surface area is 135 Å². The summed E-state index contributed by atoms with van der Waals surface area (Å²) in [5.74, 6) is 0.0215. The van der Waals surface area contributed by atoms with E-state index in [1.165, 1.54) is 19.2 Å². The Morgan fingerprint density at radius 1 is 1.22 bits per heavy atom. The molecular weight excluding hydrogens is 295 g/mol. The smallest absolute Gasteiger partial charge is 0.255 e. The Hall–Kier alpha value is -2.40. The molecule has 1 unspecified atom stereocenters. The number of likely N-dealkylation sites (N-methyl/N-ethyl adjacent to an activating group) is 1. The van der Waals surface area contributed by atoms with Crippen molar-refractivity contribution in [1.29, 1.82) is 0 Å². The highest BCUT2D eigenvalue weighted by molar-refractivity contribution is 5.96. The zero-order valence-corrected chi connectivity index (χ0v) is 13.5. The number of hydrogen-bond acceptors (Lipinski definition) is 3. The van der Waals surface area contributed by atoms with Gasteiger partial charge < -0.3 is 15.0 Å². The van der Waals surface area contributed by atoms with Gasteiger partial charge in [-0.15, -0.1) is 0 Å². The summed E-state index contributed by atoms with van der Waals surface area (Å²) in [5, 5.41) is 2.89. The fraction of sp³-hybridized carbons (Fsp3) is 0.278. The lowest BCUT2D eigenvalue weighted by Gasteiger charge is -2.25. The summed E-state index contributed by atoms with van der Waals surface area (Å²) in [6.45, 7) is 0.368. The minimum absolute atomic E-state index is 0.121. The van der Waals surface area contributed by atoms with Crippen LogP contribution in [0.5, 0.6) is 5.75 Å². The molecule has 0 fully saturated rings. The number of benzene rings is 2. The number of ether oxygens (including phenoxy) is 1. The molecule has 0 spiro atoms. The molecule has 1 N–H and O–H groups in total. The lowest BCUT2D eigenvalue weighted by molar-refractivity contribution is 0.0939. The third-order valence-corrected chi connectivity index (χ3v) is 3.66. The summed E-state index contributed by atoms with van der Waals surface area (Å²) in [7, 11) is 5.32. The first-order valence-electron chi connectivity index (χ1n) is 7.36. The van der Waals surface area contributed by atoms with Gasteiger partial charge in [-0.1, -0.05) is 24.3 Å². The van der Waals surface area contributed by atoms with Gasteiger partial charge in [-0.3, -0.25) is 4.79 Å². The van der Waals surface area contributed by atoms with Crippen LogP contribution in [0.4, 0.5) is 4.39 Å². The van der Waals surface area contributed by atoms with Gasteiger partial charge in [-0.25, -0.2) is 4.39 Å². The highest BCUT2D eigenvalue weighted by Crippen LogP contribution is 2.20. The molecule has 2 aromatic rings. The molecule has 0 saturated carbocycles. The standard InChI is InChI=1S/C18H21FN2O2/c1-21(2)16(13-7-6-8-14(19)11-13)12-20-18(22)15-9-4-5-10-17(15)23-3/h4-11,16H,12H2,1-3H3,(H,20,22). The lowest BCUT2D eigenvalue weighted by atomic mass is 10.1.